The highest BCUT2D eigenvalue weighted by atomic mass is 35.5. The van der Waals surface area contributed by atoms with Gasteiger partial charge in [0.25, 0.3) is 5.79 Å². The van der Waals surface area contributed by atoms with Crippen LogP contribution in [0.4, 0.5) is 5.69 Å². The molecule has 8 rings (SSSR count). The number of pyridine rings is 1. The Bertz CT molecular complexity index is 1740. The number of aromatic carboxylic acids is 1. The summed E-state index contributed by atoms with van der Waals surface area (Å²) < 4.78 is 26.8. The number of carboxylic acids is 1. The molecule has 11 nitrogen and oxygen atoms in total. The van der Waals surface area contributed by atoms with E-state index in [4.69, 9.17) is 35.5 Å². The monoisotopic (exact) mass is 617 g/mol. The number of hydrogen-bond donors (Lipinski definition) is 1. The molecular formula is C32H32ClN5O6. The largest absolute Gasteiger partial charge is 0.478 e. The zero-order valence-electron chi connectivity index (χ0n) is 24.2. The van der Waals surface area contributed by atoms with E-state index < -0.39 is 11.8 Å². The standard InChI is InChI=1S/C32H32ClN5O6/c1-32(28-8-6-20(33)14-34-28)43-27-4-2-3-23(30(27)44-32)37-11-10-36(25-17-41-18-26(25)37)16-29-35-22-7-5-19(31(39)40)13-24(22)38(29)15-21-9-12-42-21/h2-8,13-14,21,25-26H,9-12,15-18H2,1H3,(H,39,40)/t21-,25+,26-,32-/m0/s1. The van der Waals surface area contributed by atoms with Gasteiger partial charge in [0.15, 0.2) is 11.5 Å². The molecule has 228 valence electrons. The minimum atomic E-state index is -1.07. The predicted molar refractivity (Wildman–Crippen MR) is 161 cm³/mol. The fraction of sp³-hybridized carbons (Fsp3) is 0.406. The maximum atomic E-state index is 11.7. The zero-order chi connectivity index (χ0) is 30.0. The number of carboxylic acid groups (broad SMARTS) is 1. The highest BCUT2D eigenvalue weighted by Gasteiger charge is 2.46. The molecule has 0 bridgehead atoms. The Morgan fingerprint density at radius 2 is 1.98 bits per heavy atom. The number of piperazine rings is 1. The molecule has 0 unspecified atom stereocenters. The van der Waals surface area contributed by atoms with Crippen molar-refractivity contribution in [3.8, 4) is 11.5 Å². The third kappa shape index (κ3) is 4.66. The number of rotatable bonds is 7. The van der Waals surface area contributed by atoms with E-state index in [2.05, 4.69) is 25.4 Å². The number of aromatic nitrogens is 3. The van der Waals surface area contributed by atoms with Crippen LogP contribution in [-0.2, 0) is 28.4 Å². The van der Waals surface area contributed by atoms with Gasteiger partial charge in [0, 0.05) is 32.8 Å². The first kappa shape index (κ1) is 27.6. The number of nitrogens with zero attached hydrogens (tertiary/aromatic N) is 5. The quantitative estimate of drug-likeness (QED) is 0.322. The fourth-order valence-electron chi connectivity index (χ4n) is 6.77. The van der Waals surface area contributed by atoms with Gasteiger partial charge >= 0.3 is 5.97 Å². The molecule has 12 heteroatoms. The number of benzene rings is 2. The SMILES string of the molecule is C[C@]1(c2ccc(Cl)cn2)Oc2cccc(N3CCN(Cc4nc5ccc(C(=O)O)cc5n4C[C@@H]4CCO4)[C@@H]4COC[C@@H]43)c2O1. The van der Waals surface area contributed by atoms with Crippen molar-refractivity contribution >= 4 is 34.3 Å². The molecule has 4 atom stereocenters. The van der Waals surface area contributed by atoms with Crippen LogP contribution in [0.2, 0.25) is 5.02 Å². The van der Waals surface area contributed by atoms with Crippen LogP contribution < -0.4 is 14.4 Å². The molecule has 6 heterocycles. The molecule has 1 N–H and O–H groups in total. The van der Waals surface area contributed by atoms with Gasteiger partial charge < -0.3 is 33.5 Å². The van der Waals surface area contributed by atoms with Gasteiger partial charge in [-0.1, -0.05) is 17.7 Å². The summed E-state index contributed by atoms with van der Waals surface area (Å²) in [6.45, 7) is 6.63. The van der Waals surface area contributed by atoms with Crippen LogP contribution in [0.25, 0.3) is 11.0 Å². The van der Waals surface area contributed by atoms with Gasteiger partial charge in [-0.2, -0.15) is 0 Å². The van der Waals surface area contributed by atoms with Crippen molar-refractivity contribution in [2.45, 2.75) is 50.4 Å². The maximum Gasteiger partial charge on any atom is 0.335 e. The van der Waals surface area contributed by atoms with E-state index in [0.29, 0.717) is 48.5 Å². The molecule has 0 radical (unpaired) electrons. The Hall–Kier alpha value is -3.90. The van der Waals surface area contributed by atoms with Crippen LogP contribution in [-0.4, -0.2) is 81.6 Å². The summed E-state index contributed by atoms with van der Waals surface area (Å²) in [6.07, 6.45) is 2.68. The molecule has 3 saturated heterocycles. The first-order chi connectivity index (χ1) is 21.4. The third-order valence-electron chi connectivity index (χ3n) is 9.18. The van der Waals surface area contributed by atoms with Gasteiger partial charge in [-0.3, -0.25) is 9.88 Å². The Morgan fingerprint density at radius 1 is 1.11 bits per heavy atom. The number of para-hydroxylation sites is 1. The highest BCUT2D eigenvalue weighted by Crippen LogP contribution is 2.50. The second-order valence-corrected chi connectivity index (χ2v) is 12.3. The van der Waals surface area contributed by atoms with E-state index in [1.165, 1.54) is 0 Å². The fourth-order valence-corrected chi connectivity index (χ4v) is 6.88. The molecule has 0 spiro atoms. The molecule has 0 aliphatic carbocycles. The summed E-state index contributed by atoms with van der Waals surface area (Å²) in [4.78, 5) is 26.0. The second kappa shape index (κ2) is 10.6. The summed E-state index contributed by atoms with van der Waals surface area (Å²) in [6, 6.07) is 15.0. The second-order valence-electron chi connectivity index (χ2n) is 11.9. The molecule has 4 aliphatic heterocycles. The Kier molecular flexibility index (Phi) is 6.67. The Labute approximate surface area is 258 Å². The van der Waals surface area contributed by atoms with Crippen LogP contribution in [0, 0.1) is 0 Å². The first-order valence-electron chi connectivity index (χ1n) is 14.9. The van der Waals surface area contributed by atoms with Crippen molar-refractivity contribution in [3.63, 3.8) is 0 Å². The van der Waals surface area contributed by atoms with Gasteiger partial charge in [0.1, 0.15) is 11.5 Å². The van der Waals surface area contributed by atoms with Crippen molar-refractivity contribution in [1.82, 2.24) is 19.4 Å². The highest BCUT2D eigenvalue weighted by molar-refractivity contribution is 6.30. The van der Waals surface area contributed by atoms with E-state index >= 15 is 0 Å². The molecule has 3 fully saturated rings. The van der Waals surface area contributed by atoms with Gasteiger partial charge in [0.05, 0.1) is 71.8 Å². The molecule has 4 aliphatic rings. The van der Waals surface area contributed by atoms with Gasteiger partial charge in [-0.05, 0) is 48.9 Å². The van der Waals surface area contributed by atoms with Crippen LogP contribution in [0.1, 0.15) is 35.2 Å². The van der Waals surface area contributed by atoms with Crippen molar-refractivity contribution in [3.05, 3.63) is 76.8 Å². The van der Waals surface area contributed by atoms with E-state index in [1.807, 2.05) is 25.1 Å². The lowest BCUT2D eigenvalue weighted by Gasteiger charge is -2.44. The van der Waals surface area contributed by atoms with E-state index in [9.17, 15) is 9.90 Å². The smallest absolute Gasteiger partial charge is 0.335 e. The number of fused-ring (bicyclic) bond motifs is 3. The van der Waals surface area contributed by atoms with Crippen LogP contribution >= 0.6 is 11.6 Å². The van der Waals surface area contributed by atoms with E-state index in [1.54, 1.807) is 30.5 Å². The summed E-state index contributed by atoms with van der Waals surface area (Å²) in [5.41, 5.74) is 3.47. The summed E-state index contributed by atoms with van der Waals surface area (Å²) in [5.74, 6) is 0.255. The zero-order valence-corrected chi connectivity index (χ0v) is 24.9. The summed E-state index contributed by atoms with van der Waals surface area (Å²) in [5, 5.41) is 10.2. The number of hydrogen-bond acceptors (Lipinski definition) is 9. The van der Waals surface area contributed by atoms with Gasteiger partial charge in [-0.25, -0.2) is 9.78 Å². The first-order valence-corrected chi connectivity index (χ1v) is 15.3. The Balaban J connectivity index is 1.07. The molecule has 0 amide bonds. The minimum absolute atomic E-state index is 0.103. The van der Waals surface area contributed by atoms with Gasteiger partial charge in [-0.15, -0.1) is 0 Å². The lowest BCUT2D eigenvalue weighted by molar-refractivity contribution is -0.0716. The molecule has 4 aromatic rings. The number of anilines is 1. The van der Waals surface area contributed by atoms with Crippen molar-refractivity contribution in [2.75, 3.05) is 37.8 Å². The lowest BCUT2D eigenvalue weighted by Crippen LogP contribution is -2.59. The number of imidazole rings is 1. The maximum absolute atomic E-state index is 11.7. The number of halogens is 1. The molecule has 2 aromatic heterocycles. The topological polar surface area (TPSA) is 111 Å². The molecular weight excluding hydrogens is 586 g/mol. The van der Waals surface area contributed by atoms with Gasteiger partial charge in [0.2, 0.25) is 0 Å². The van der Waals surface area contributed by atoms with Crippen molar-refractivity contribution in [2.24, 2.45) is 0 Å². The average Bonchev–Trinajstić information content (AvgIpc) is 3.71. The molecule has 0 saturated carbocycles. The van der Waals surface area contributed by atoms with Crippen LogP contribution in [0.15, 0.2) is 54.7 Å². The van der Waals surface area contributed by atoms with Crippen molar-refractivity contribution < 1.29 is 28.8 Å². The van der Waals surface area contributed by atoms with E-state index in [0.717, 1.165) is 48.7 Å². The van der Waals surface area contributed by atoms with Crippen LogP contribution in [0.3, 0.4) is 0 Å². The third-order valence-corrected chi connectivity index (χ3v) is 9.40. The molecule has 2 aromatic carbocycles. The van der Waals surface area contributed by atoms with Crippen LogP contribution in [0.5, 0.6) is 11.5 Å². The lowest BCUT2D eigenvalue weighted by atomic mass is 10.0. The summed E-state index contributed by atoms with van der Waals surface area (Å²) in [7, 11) is 0. The summed E-state index contributed by atoms with van der Waals surface area (Å²) >= 11 is 6.07. The van der Waals surface area contributed by atoms with E-state index in [-0.39, 0.29) is 23.8 Å². The number of carbonyl (C=O) groups is 1. The Morgan fingerprint density at radius 3 is 2.75 bits per heavy atom. The number of ether oxygens (including phenoxy) is 4. The van der Waals surface area contributed by atoms with Crippen molar-refractivity contribution in [1.29, 1.82) is 0 Å². The average molecular weight is 618 g/mol. The minimum Gasteiger partial charge on any atom is -0.478 e. The molecule has 44 heavy (non-hydrogen) atoms. The predicted octanol–water partition coefficient (Wildman–Crippen LogP) is 4.31. The normalized spacial score (nSPS) is 26.1.